The van der Waals surface area contributed by atoms with Gasteiger partial charge in [0.15, 0.2) is 0 Å². The maximum absolute atomic E-state index is 13.3. The van der Waals surface area contributed by atoms with E-state index in [4.69, 9.17) is 0 Å². The van der Waals surface area contributed by atoms with Crippen LogP contribution in [-0.4, -0.2) is 11.0 Å². The molecule has 0 aliphatic heterocycles. The largest absolute Gasteiger partial charge is 0.302 e. The summed E-state index contributed by atoms with van der Waals surface area (Å²) in [6, 6.07) is 5.31. The molecule has 0 spiro atoms. The Morgan fingerprint density at radius 2 is 1.90 bits per heavy atom. The molecule has 108 valence electrons. The zero-order chi connectivity index (χ0) is 14.9. The van der Waals surface area contributed by atoms with Crippen molar-refractivity contribution in [2.75, 3.05) is 0 Å². The van der Waals surface area contributed by atoms with Crippen LogP contribution in [0.1, 0.15) is 46.6 Å². The Labute approximate surface area is 124 Å². The van der Waals surface area contributed by atoms with Crippen LogP contribution < -0.4 is 5.32 Å². The minimum absolute atomic E-state index is 0.0213. The molecule has 1 atom stereocenters. The van der Waals surface area contributed by atoms with Crippen molar-refractivity contribution >= 4 is 11.3 Å². The summed E-state index contributed by atoms with van der Waals surface area (Å²) in [5, 5.41) is 4.58. The molecule has 0 fully saturated rings. The lowest BCUT2D eigenvalue weighted by molar-refractivity contribution is 0.523. The summed E-state index contributed by atoms with van der Waals surface area (Å²) >= 11 is 1.70. The molecule has 20 heavy (non-hydrogen) atoms. The lowest BCUT2D eigenvalue weighted by Crippen LogP contribution is -2.29. The van der Waals surface area contributed by atoms with Crippen LogP contribution in [-0.2, 0) is 0 Å². The van der Waals surface area contributed by atoms with Gasteiger partial charge in [-0.3, -0.25) is 0 Å². The van der Waals surface area contributed by atoms with Crippen LogP contribution in [0.4, 0.5) is 4.39 Å². The van der Waals surface area contributed by atoms with Gasteiger partial charge in [-0.25, -0.2) is 9.37 Å². The second-order valence-electron chi connectivity index (χ2n) is 5.45. The van der Waals surface area contributed by atoms with Gasteiger partial charge in [-0.1, -0.05) is 6.07 Å². The van der Waals surface area contributed by atoms with E-state index in [0.29, 0.717) is 6.04 Å². The standard InChI is InChI=1S/C16H21FN2S/c1-9(2)18-15(16-19-11(4)12(5)20-16)14-7-6-13(17)8-10(14)3/h6-9,15,18H,1-5H3. The lowest BCUT2D eigenvalue weighted by Gasteiger charge is -2.21. The van der Waals surface area contributed by atoms with E-state index >= 15 is 0 Å². The molecule has 0 saturated heterocycles. The van der Waals surface area contributed by atoms with Crippen molar-refractivity contribution in [3.05, 3.63) is 50.7 Å². The Balaban J connectivity index is 2.46. The quantitative estimate of drug-likeness (QED) is 0.909. The van der Waals surface area contributed by atoms with Crippen molar-refractivity contribution in [2.24, 2.45) is 0 Å². The molecule has 0 radical (unpaired) electrons. The Hall–Kier alpha value is -1.26. The maximum atomic E-state index is 13.3. The third-order valence-corrected chi connectivity index (χ3v) is 4.47. The fraction of sp³-hybridized carbons (Fsp3) is 0.438. The Morgan fingerprint density at radius 1 is 1.20 bits per heavy atom. The van der Waals surface area contributed by atoms with Crippen molar-refractivity contribution in [3.8, 4) is 0 Å². The van der Waals surface area contributed by atoms with Gasteiger partial charge in [0.1, 0.15) is 10.8 Å². The number of nitrogens with zero attached hydrogens (tertiary/aromatic N) is 1. The van der Waals surface area contributed by atoms with E-state index in [2.05, 4.69) is 31.1 Å². The van der Waals surface area contributed by atoms with E-state index in [0.717, 1.165) is 21.8 Å². The smallest absolute Gasteiger partial charge is 0.123 e. The Kier molecular flexibility index (Phi) is 4.55. The van der Waals surface area contributed by atoms with Crippen LogP contribution in [0.5, 0.6) is 0 Å². The minimum Gasteiger partial charge on any atom is -0.302 e. The molecule has 1 unspecified atom stereocenters. The highest BCUT2D eigenvalue weighted by Crippen LogP contribution is 2.30. The van der Waals surface area contributed by atoms with Crippen molar-refractivity contribution in [2.45, 2.75) is 46.7 Å². The Morgan fingerprint density at radius 3 is 2.40 bits per heavy atom. The molecule has 2 aromatic rings. The van der Waals surface area contributed by atoms with Gasteiger partial charge in [0.2, 0.25) is 0 Å². The second-order valence-corrected chi connectivity index (χ2v) is 6.68. The minimum atomic E-state index is -0.193. The Bertz CT molecular complexity index is 585. The van der Waals surface area contributed by atoms with Crippen LogP contribution in [0.3, 0.4) is 0 Å². The van der Waals surface area contributed by atoms with Crippen molar-refractivity contribution in [3.63, 3.8) is 0 Å². The van der Waals surface area contributed by atoms with Crippen LogP contribution >= 0.6 is 11.3 Å². The average molecular weight is 292 g/mol. The molecule has 1 heterocycles. The summed E-state index contributed by atoms with van der Waals surface area (Å²) in [7, 11) is 0. The first-order chi connectivity index (χ1) is 9.38. The number of thiazole rings is 1. The fourth-order valence-corrected chi connectivity index (χ4v) is 3.21. The van der Waals surface area contributed by atoms with Gasteiger partial charge in [0.05, 0.1) is 11.7 Å². The number of hydrogen-bond acceptors (Lipinski definition) is 3. The average Bonchev–Trinajstić information content (AvgIpc) is 2.67. The highest BCUT2D eigenvalue weighted by atomic mass is 32.1. The van der Waals surface area contributed by atoms with E-state index in [-0.39, 0.29) is 11.9 Å². The van der Waals surface area contributed by atoms with E-state index in [1.165, 1.54) is 10.9 Å². The van der Waals surface area contributed by atoms with Gasteiger partial charge in [-0.15, -0.1) is 11.3 Å². The topological polar surface area (TPSA) is 24.9 Å². The van der Waals surface area contributed by atoms with Crippen molar-refractivity contribution in [1.82, 2.24) is 10.3 Å². The predicted octanol–water partition coefficient (Wildman–Crippen LogP) is 4.29. The fourth-order valence-electron chi connectivity index (χ4n) is 2.21. The van der Waals surface area contributed by atoms with Crippen LogP contribution in [0.25, 0.3) is 0 Å². The van der Waals surface area contributed by atoms with E-state index < -0.39 is 0 Å². The molecular weight excluding hydrogens is 271 g/mol. The molecule has 0 bridgehead atoms. The molecule has 1 N–H and O–H groups in total. The third-order valence-electron chi connectivity index (χ3n) is 3.33. The van der Waals surface area contributed by atoms with Crippen LogP contribution in [0.2, 0.25) is 0 Å². The second kappa shape index (κ2) is 6.02. The van der Waals surface area contributed by atoms with Gasteiger partial charge in [0, 0.05) is 10.9 Å². The molecule has 2 rings (SSSR count). The summed E-state index contributed by atoms with van der Waals surface area (Å²) in [5.41, 5.74) is 3.11. The van der Waals surface area contributed by atoms with Gasteiger partial charge >= 0.3 is 0 Å². The predicted molar refractivity (Wildman–Crippen MR) is 82.8 cm³/mol. The third kappa shape index (κ3) is 3.25. The van der Waals surface area contributed by atoms with Gasteiger partial charge in [0.25, 0.3) is 0 Å². The van der Waals surface area contributed by atoms with E-state index in [9.17, 15) is 4.39 Å². The van der Waals surface area contributed by atoms with Crippen molar-refractivity contribution < 1.29 is 4.39 Å². The molecule has 0 aliphatic carbocycles. The summed E-state index contributed by atoms with van der Waals surface area (Å²) in [4.78, 5) is 5.90. The molecule has 0 aliphatic rings. The number of benzene rings is 1. The van der Waals surface area contributed by atoms with E-state index in [1.54, 1.807) is 17.4 Å². The molecule has 2 nitrogen and oxygen atoms in total. The maximum Gasteiger partial charge on any atom is 0.123 e. The molecule has 0 amide bonds. The van der Waals surface area contributed by atoms with Crippen LogP contribution in [0, 0.1) is 26.6 Å². The summed E-state index contributed by atoms with van der Waals surface area (Å²) < 4.78 is 13.3. The molecule has 1 aromatic carbocycles. The number of halogens is 1. The number of hydrogen-bond donors (Lipinski definition) is 1. The lowest BCUT2D eigenvalue weighted by atomic mass is 10.0. The molecule has 0 saturated carbocycles. The van der Waals surface area contributed by atoms with Crippen molar-refractivity contribution in [1.29, 1.82) is 0 Å². The SMILES string of the molecule is Cc1cc(F)ccc1C(NC(C)C)c1nc(C)c(C)s1. The first kappa shape index (κ1) is 15.1. The zero-order valence-corrected chi connectivity index (χ0v) is 13.4. The summed E-state index contributed by atoms with van der Waals surface area (Å²) in [6.45, 7) is 10.3. The number of aromatic nitrogens is 1. The van der Waals surface area contributed by atoms with Crippen LogP contribution in [0.15, 0.2) is 18.2 Å². The first-order valence-electron chi connectivity index (χ1n) is 6.84. The monoisotopic (exact) mass is 292 g/mol. The van der Waals surface area contributed by atoms with E-state index in [1.807, 2.05) is 19.9 Å². The summed E-state index contributed by atoms with van der Waals surface area (Å²) in [6.07, 6.45) is 0. The number of rotatable bonds is 4. The van der Waals surface area contributed by atoms with Gasteiger partial charge in [-0.05, 0) is 57.9 Å². The number of aryl methyl sites for hydroxylation is 3. The number of nitrogens with one attached hydrogen (secondary N) is 1. The highest BCUT2D eigenvalue weighted by molar-refractivity contribution is 7.11. The first-order valence-corrected chi connectivity index (χ1v) is 7.66. The molecule has 1 aromatic heterocycles. The van der Waals surface area contributed by atoms with Gasteiger partial charge < -0.3 is 5.32 Å². The molecular formula is C16H21FN2S. The highest BCUT2D eigenvalue weighted by Gasteiger charge is 2.21. The zero-order valence-electron chi connectivity index (χ0n) is 12.6. The van der Waals surface area contributed by atoms with Gasteiger partial charge in [-0.2, -0.15) is 0 Å². The normalized spacial score (nSPS) is 12.9. The molecule has 4 heteroatoms. The summed E-state index contributed by atoms with van der Waals surface area (Å²) in [5.74, 6) is -0.193.